The minimum Gasteiger partial charge on any atom is -0.454 e. The molecule has 1 atom stereocenters. The zero-order valence-electron chi connectivity index (χ0n) is 19.0. The summed E-state index contributed by atoms with van der Waals surface area (Å²) >= 11 is 0. The van der Waals surface area contributed by atoms with Gasteiger partial charge in [-0.05, 0) is 42.0 Å². The zero-order valence-corrected chi connectivity index (χ0v) is 19.8. The maximum atomic E-state index is 13.7. The number of fused-ring (bicyclic) bond motifs is 2. The number of rotatable bonds is 4. The molecule has 0 aliphatic carbocycles. The van der Waals surface area contributed by atoms with Crippen molar-refractivity contribution >= 4 is 33.0 Å². The lowest BCUT2D eigenvalue weighted by Gasteiger charge is -2.22. The van der Waals surface area contributed by atoms with Gasteiger partial charge in [0, 0.05) is 6.42 Å². The fourth-order valence-corrected chi connectivity index (χ4v) is 6.25. The number of hydrogen-bond donors (Lipinski definition) is 1. The fourth-order valence-electron chi connectivity index (χ4n) is 4.34. The van der Waals surface area contributed by atoms with Crippen LogP contribution in [0.25, 0.3) is 0 Å². The van der Waals surface area contributed by atoms with E-state index in [1.54, 1.807) is 6.07 Å². The van der Waals surface area contributed by atoms with Gasteiger partial charge in [0.25, 0.3) is 0 Å². The molecule has 12 heteroatoms. The number of halogens is 3. The molecule has 3 aromatic carbocycles. The smallest absolute Gasteiger partial charge is 0.418 e. The molecule has 2 aliphatic rings. The molecule has 37 heavy (non-hydrogen) atoms. The first-order valence-electron chi connectivity index (χ1n) is 11.0. The minimum absolute atomic E-state index is 0.0156. The molecule has 192 valence electrons. The van der Waals surface area contributed by atoms with E-state index in [2.05, 4.69) is 5.32 Å². The number of benzene rings is 3. The van der Waals surface area contributed by atoms with E-state index < -0.39 is 57.3 Å². The molecule has 0 radical (unpaired) electrons. The van der Waals surface area contributed by atoms with Gasteiger partial charge in [-0.3, -0.25) is 9.59 Å². The highest BCUT2D eigenvalue weighted by molar-refractivity contribution is 7.92. The van der Waals surface area contributed by atoms with Crippen LogP contribution in [0.2, 0.25) is 0 Å². The molecule has 0 fully saturated rings. The molecule has 0 saturated heterocycles. The first-order chi connectivity index (χ1) is 17.6. The lowest BCUT2D eigenvalue weighted by Crippen LogP contribution is -2.38. The molecule has 3 aromatic rings. The van der Waals surface area contributed by atoms with Crippen LogP contribution >= 0.6 is 0 Å². The summed E-state index contributed by atoms with van der Waals surface area (Å²) in [4.78, 5) is 27.0. The second kappa shape index (κ2) is 9.11. The SMILES string of the molecule is O=C(CN1C(=O)CC(c2ccc3c(c2)OCO3)S(=O)(=O)c2ccccc21)Nc1ccccc1C(F)(F)F. The van der Waals surface area contributed by atoms with Crippen LogP contribution in [0.3, 0.4) is 0 Å². The Bertz CT molecular complexity index is 1510. The molecule has 5 rings (SSSR count). The van der Waals surface area contributed by atoms with Crippen LogP contribution in [0, 0.1) is 0 Å². The molecule has 2 aliphatic heterocycles. The number of para-hydroxylation sites is 2. The van der Waals surface area contributed by atoms with Crippen molar-refractivity contribution in [2.75, 3.05) is 23.6 Å². The molecule has 0 aromatic heterocycles. The van der Waals surface area contributed by atoms with Gasteiger partial charge < -0.3 is 19.7 Å². The van der Waals surface area contributed by atoms with Crippen LogP contribution in [0.1, 0.15) is 22.8 Å². The van der Waals surface area contributed by atoms with Gasteiger partial charge in [0.15, 0.2) is 21.3 Å². The summed E-state index contributed by atoms with van der Waals surface area (Å²) in [5.41, 5.74) is -1.24. The maximum Gasteiger partial charge on any atom is 0.418 e. The van der Waals surface area contributed by atoms with Crippen LogP contribution < -0.4 is 19.7 Å². The second-order valence-corrected chi connectivity index (χ2v) is 10.5. The molecule has 8 nitrogen and oxygen atoms in total. The topological polar surface area (TPSA) is 102 Å². The lowest BCUT2D eigenvalue weighted by molar-refractivity contribution is -0.137. The Morgan fingerprint density at radius 1 is 1.00 bits per heavy atom. The van der Waals surface area contributed by atoms with Crippen molar-refractivity contribution in [3.63, 3.8) is 0 Å². The van der Waals surface area contributed by atoms with Crippen LogP contribution in [0.5, 0.6) is 11.5 Å². The van der Waals surface area contributed by atoms with E-state index in [4.69, 9.17) is 9.47 Å². The average Bonchev–Trinajstić information content (AvgIpc) is 3.30. The van der Waals surface area contributed by atoms with Crippen LogP contribution in [-0.2, 0) is 25.6 Å². The second-order valence-electron chi connectivity index (χ2n) is 8.39. The van der Waals surface area contributed by atoms with E-state index in [0.717, 1.165) is 17.0 Å². The normalized spacial score (nSPS) is 18.2. The standard InChI is InChI=1S/C25H19F3N2O6S/c26-25(27,28)16-5-1-2-6-17(16)29-23(31)13-30-18-7-3-4-8-21(18)37(33,34)22(12-24(30)32)15-9-10-19-20(11-15)36-14-35-19/h1-11,22H,12-14H2,(H,29,31). The molecular weight excluding hydrogens is 513 g/mol. The van der Waals surface area contributed by atoms with Crippen molar-refractivity contribution in [1.82, 2.24) is 0 Å². The molecular formula is C25H19F3N2O6S. The number of carbonyl (C=O) groups is 2. The molecule has 1 N–H and O–H groups in total. The van der Waals surface area contributed by atoms with Gasteiger partial charge in [0.05, 0.1) is 27.1 Å². The monoisotopic (exact) mass is 532 g/mol. The summed E-state index contributed by atoms with van der Waals surface area (Å²) < 4.78 is 78.0. The molecule has 2 heterocycles. The Morgan fingerprint density at radius 3 is 2.49 bits per heavy atom. The zero-order chi connectivity index (χ0) is 26.4. The van der Waals surface area contributed by atoms with Gasteiger partial charge in [-0.1, -0.05) is 30.3 Å². The minimum atomic E-state index is -4.71. The first kappa shape index (κ1) is 24.6. The summed E-state index contributed by atoms with van der Waals surface area (Å²) in [6.45, 7) is -0.705. The summed E-state index contributed by atoms with van der Waals surface area (Å²) in [6.07, 6.45) is -5.20. The highest BCUT2D eigenvalue weighted by Gasteiger charge is 2.41. The van der Waals surface area contributed by atoms with Crippen molar-refractivity contribution in [1.29, 1.82) is 0 Å². The quantitative estimate of drug-likeness (QED) is 0.537. The summed E-state index contributed by atoms with van der Waals surface area (Å²) in [7, 11) is -4.12. The van der Waals surface area contributed by atoms with E-state index in [1.807, 2.05) is 0 Å². The number of carbonyl (C=O) groups excluding carboxylic acids is 2. The van der Waals surface area contributed by atoms with Crippen molar-refractivity contribution in [2.24, 2.45) is 0 Å². The van der Waals surface area contributed by atoms with Gasteiger partial charge in [-0.15, -0.1) is 0 Å². The first-order valence-corrected chi connectivity index (χ1v) is 12.6. The van der Waals surface area contributed by atoms with Crippen molar-refractivity contribution in [3.05, 3.63) is 77.9 Å². The van der Waals surface area contributed by atoms with Crippen LogP contribution in [0.4, 0.5) is 24.5 Å². The predicted octanol–water partition coefficient (Wildman–Crippen LogP) is 4.32. The van der Waals surface area contributed by atoms with Crippen molar-refractivity contribution in [2.45, 2.75) is 22.7 Å². The maximum absolute atomic E-state index is 13.7. The van der Waals surface area contributed by atoms with Gasteiger partial charge in [0.2, 0.25) is 18.6 Å². The van der Waals surface area contributed by atoms with E-state index in [1.165, 1.54) is 48.5 Å². The van der Waals surface area contributed by atoms with Gasteiger partial charge in [-0.25, -0.2) is 8.42 Å². The molecule has 0 saturated carbocycles. The Kier molecular flexibility index (Phi) is 6.06. The van der Waals surface area contributed by atoms with E-state index in [0.29, 0.717) is 17.1 Å². The largest absolute Gasteiger partial charge is 0.454 e. The Morgan fingerprint density at radius 2 is 1.70 bits per heavy atom. The highest BCUT2D eigenvalue weighted by Crippen LogP contribution is 2.43. The molecule has 2 amide bonds. The van der Waals surface area contributed by atoms with E-state index in [9.17, 15) is 31.2 Å². The van der Waals surface area contributed by atoms with Gasteiger partial charge in [0.1, 0.15) is 6.54 Å². The molecule has 1 unspecified atom stereocenters. The third-order valence-corrected chi connectivity index (χ3v) is 8.22. The third kappa shape index (κ3) is 4.59. The Labute approximate surface area is 209 Å². The number of nitrogens with zero attached hydrogens (tertiary/aromatic N) is 1. The highest BCUT2D eigenvalue weighted by atomic mass is 32.2. The number of sulfone groups is 1. The molecule has 0 bridgehead atoms. The number of amides is 2. The number of alkyl halides is 3. The van der Waals surface area contributed by atoms with E-state index >= 15 is 0 Å². The summed E-state index contributed by atoms with van der Waals surface area (Å²) in [5.74, 6) is -0.814. The van der Waals surface area contributed by atoms with Crippen molar-refractivity contribution in [3.8, 4) is 11.5 Å². The predicted molar refractivity (Wildman–Crippen MR) is 126 cm³/mol. The average molecular weight is 532 g/mol. The van der Waals surface area contributed by atoms with Crippen LogP contribution in [0.15, 0.2) is 71.6 Å². The lowest BCUT2D eigenvalue weighted by atomic mass is 10.1. The number of hydrogen-bond acceptors (Lipinski definition) is 6. The van der Waals surface area contributed by atoms with Gasteiger partial charge >= 0.3 is 6.18 Å². The van der Waals surface area contributed by atoms with Crippen molar-refractivity contribution < 1.29 is 40.7 Å². The third-order valence-electron chi connectivity index (χ3n) is 6.07. The number of ether oxygens (including phenoxy) is 2. The Balaban J connectivity index is 1.48. The fraction of sp³-hybridized carbons (Fsp3) is 0.200. The van der Waals surface area contributed by atoms with E-state index in [-0.39, 0.29) is 17.4 Å². The summed E-state index contributed by atoms with van der Waals surface area (Å²) in [5, 5.41) is 0.913. The molecule has 0 spiro atoms. The summed E-state index contributed by atoms with van der Waals surface area (Å²) in [6, 6.07) is 14.7. The number of anilines is 2. The Hall–Kier alpha value is -4.06. The number of nitrogens with one attached hydrogen (secondary N) is 1. The van der Waals surface area contributed by atoms with Gasteiger partial charge in [-0.2, -0.15) is 13.2 Å². The van der Waals surface area contributed by atoms with Crippen LogP contribution in [-0.4, -0.2) is 33.6 Å².